The minimum absolute atomic E-state index is 0.0820. The average Bonchev–Trinajstić information content (AvgIpc) is 3.21. The third kappa shape index (κ3) is 2.47. The Kier molecular flexibility index (Phi) is 3.68. The van der Waals surface area contributed by atoms with Gasteiger partial charge in [-0.3, -0.25) is 9.98 Å². The van der Waals surface area contributed by atoms with Gasteiger partial charge in [0.25, 0.3) is 0 Å². The van der Waals surface area contributed by atoms with Crippen molar-refractivity contribution in [2.45, 2.75) is 44.1 Å². The summed E-state index contributed by atoms with van der Waals surface area (Å²) < 4.78 is 2.37. The topological polar surface area (TPSA) is 33.4 Å². The molecule has 2 aromatic rings. The first-order valence-corrected chi connectivity index (χ1v) is 9.12. The fourth-order valence-electron chi connectivity index (χ4n) is 3.57. The molecule has 5 heteroatoms. The molecular formula is C18H22N4S. The summed E-state index contributed by atoms with van der Waals surface area (Å²) in [7, 11) is 0. The predicted molar refractivity (Wildman–Crippen MR) is 95.7 cm³/mol. The Balaban J connectivity index is 1.79. The zero-order valence-corrected chi connectivity index (χ0v) is 14.6. The monoisotopic (exact) mass is 326 g/mol. The summed E-state index contributed by atoms with van der Waals surface area (Å²) in [5, 5.41) is 1.78. The highest BCUT2D eigenvalue weighted by Gasteiger charge is 2.44. The van der Waals surface area contributed by atoms with E-state index >= 15 is 0 Å². The van der Waals surface area contributed by atoms with Crippen molar-refractivity contribution in [3.05, 3.63) is 54.1 Å². The molecular weight excluding hydrogens is 304 g/mol. The number of aromatic nitrogens is 2. The molecule has 0 radical (unpaired) electrons. The number of fused-ring (bicyclic) bond motifs is 1. The minimum Gasteiger partial charge on any atom is -0.347 e. The quantitative estimate of drug-likeness (QED) is 0.853. The molecule has 2 aromatic heterocycles. The van der Waals surface area contributed by atoms with Gasteiger partial charge in [0.1, 0.15) is 6.04 Å². The van der Waals surface area contributed by atoms with Crippen LogP contribution in [-0.4, -0.2) is 31.4 Å². The number of rotatable bonds is 3. The minimum atomic E-state index is 0.0820. The van der Waals surface area contributed by atoms with E-state index < -0.39 is 0 Å². The van der Waals surface area contributed by atoms with Crippen molar-refractivity contribution in [2.75, 3.05) is 6.54 Å². The zero-order chi connectivity index (χ0) is 16.0. The lowest BCUT2D eigenvalue weighted by molar-refractivity contribution is 0.302. The Morgan fingerprint density at radius 3 is 2.83 bits per heavy atom. The lowest BCUT2D eigenvalue weighted by Crippen LogP contribution is -2.30. The number of thioether (sulfide) groups is 1. The van der Waals surface area contributed by atoms with E-state index in [1.165, 1.54) is 10.9 Å². The number of aliphatic imine (C=N–C) groups is 1. The third-order valence-corrected chi connectivity index (χ3v) is 5.65. The maximum Gasteiger partial charge on any atom is 0.160 e. The second kappa shape index (κ2) is 5.71. The van der Waals surface area contributed by atoms with Crippen molar-refractivity contribution >= 4 is 16.9 Å². The van der Waals surface area contributed by atoms with Gasteiger partial charge in [-0.15, -0.1) is 0 Å². The molecule has 2 aliphatic heterocycles. The van der Waals surface area contributed by atoms with Gasteiger partial charge in [0.15, 0.2) is 5.17 Å². The smallest absolute Gasteiger partial charge is 0.160 e. The summed E-state index contributed by atoms with van der Waals surface area (Å²) in [5.74, 6) is 0. The SMILES string of the molecule is CC1CN2C(=NC(c3ccccn3)C2c2cccn2C(C)C)S1. The van der Waals surface area contributed by atoms with Crippen molar-refractivity contribution in [3.8, 4) is 0 Å². The molecule has 23 heavy (non-hydrogen) atoms. The number of hydrogen-bond donors (Lipinski definition) is 0. The molecule has 4 nitrogen and oxygen atoms in total. The summed E-state index contributed by atoms with van der Waals surface area (Å²) in [6, 6.07) is 11.3. The Hall–Kier alpha value is -1.75. The molecule has 3 atom stereocenters. The molecule has 0 aliphatic carbocycles. The van der Waals surface area contributed by atoms with Gasteiger partial charge in [0.05, 0.1) is 11.7 Å². The van der Waals surface area contributed by atoms with Crippen LogP contribution in [0, 0.1) is 0 Å². The number of amidine groups is 1. The van der Waals surface area contributed by atoms with Crippen LogP contribution in [0.15, 0.2) is 47.7 Å². The number of nitrogens with zero attached hydrogens (tertiary/aromatic N) is 4. The summed E-state index contributed by atoms with van der Waals surface area (Å²) in [6.45, 7) is 7.80. The first-order valence-electron chi connectivity index (χ1n) is 8.24. The molecule has 1 fully saturated rings. The number of hydrogen-bond acceptors (Lipinski definition) is 4. The number of pyridine rings is 1. The van der Waals surface area contributed by atoms with Gasteiger partial charge in [0.2, 0.25) is 0 Å². The molecule has 4 heterocycles. The standard InChI is InChI=1S/C18H22N4S/c1-12(2)21-10-6-8-15(21)17-16(14-7-4-5-9-19-14)20-18-22(17)11-13(3)23-18/h4-10,12-13,16-17H,11H2,1-3H3. The van der Waals surface area contributed by atoms with Crippen LogP contribution in [0.3, 0.4) is 0 Å². The van der Waals surface area contributed by atoms with Crippen LogP contribution in [-0.2, 0) is 0 Å². The second-order valence-corrected chi connectivity index (χ2v) is 7.98. The molecule has 0 spiro atoms. The van der Waals surface area contributed by atoms with E-state index in [0.29, 0.717) is 11.3 Å². The summed E-state index contributed by atoms with van der Waals surface area (Å²) >= 11 is 1.89. The summed E-state index contributed by atoms with van der Waals surface area (Å²) in [5.41, 5.74) is 2.40. The first-order chi connectivity index (χ1) is 11.1. The van der Waals surface area contributed by atoms with Crippen molar-refractivity contribution in [3.63, 3.8) is 0 Å². The summed E-state index contributed by atoms with van der Waals surface area (Å²) in [6.07, 6.45) is 4.05. The van der Waals surface area contributed by atoms with Gasteiger partial charge in [-0.2, -0.15) is 0 Å². The van der Waals surface area contributed by atoms with Crippen molar-refractivity contribution in [1.29, 1.82) is 0 Å². The highest BCUT2D eigenvalue weighted by molar-refractivity contribution is 8.14. The average molecular weight is 326 g/mol. The van der Waals surface area contributed by atoms with Crippen molar-refractivity contribution < 1.29 is 0 Å². The van der Waals surface area contributed by atoms with Gasteiger partial charge in [-0.1, -0.05) is 24.8 Å². The van der Waals surface area contributed by atoms with Crippen molar-refractivity contribution in [2.24, 2.45) is 4.99 Å². The van der Waals surface area contributed by atoms with E-state index in [1.54, 1.807) is 0 Å². The lowest BCUT2D eigenvalue weighted by atomic mass is 10.0. The van der Waals surface area contributed by atoms with Crippen LogP contribution in [0.4, 0.5) is 0 Å². The summed E-state index contributed by atoms with van der Waals surface area (Å²) in [4.78, 5) is 12.1. The maximum absolute atomic E-state index is 5.04. The highest BCUT2D eigenvalue weighted by Crippen LogP contribution is 2.47. The van der Waals surface area contributed by atoms with Gasteiger partial charge in [0, 0.05) is 35.9 Å². The fourth-order valence-corrected chi connectivity index (χ4v) is 4.66. The van der Waals surface area contributed by atoms with Crippen LogP contribution in [0.5, 0.6) is 0 Å². The van der Waals surface area contributed by atoms with Crippen LogP contribution in [0.1, 0.15) is 50.3 Å². The van der Waals surface area contributed by atoms with E-state index in [9.17, 15) is 0 Å². The van der Waals surface area contributed by atoms with E-state index in [2.05, 4.69) is 65.7 Å². The first kappa shape index (κ1) is 14.8. The molecule has 0 aromatic carbocycles. The fraction of sp³-hybridized carbons (Fsp3) is 0.444. The zero-order valence-electron chi connectivity index (χ0n) is 13.8. The lowest BCUT2D eigenvalue weighted by Gasteiger charge is -2.29. The van der Waals surface area contributed by atoms with Gasteiger partial charge in [-0.25, -0.2) is 0 Å². The largest absolute Gasteiger partial charge is 0.347 e. The molecule has 4 rings (SSSR count). The van der Waals surface area contributed by atoms with Gasteiger partial charge >= 0.3 is 0 Å². The molecule has 2 aliphatic rings. The Labute approximate surface area is 141 Å². The molecule has 0 saturated carbocycles. The van der Waals surface area contributed by atoms with Crippen LogP contribution in [0.25, 0.3) is 0 Å². The van der Waals surface area contributed by atoms with Crippen LogP contribution >= 0.6 is 11.8 Å². The van der Waals surface area contributed by atoms with E-state index in [0.717, 1.165) is 12.2 Å². The molecule has 120 valence electrons. The van der Waals surface area contributed by atoms with E-state index in [-0.39, 0.29) is 12.1 Å². The Morgan fingerprint density at radius 1 is 1.22 bits per heavy atom. The second-order valence-electron chi connectivity index (χ2n) is 6.57. The normalized spacial score (nSPS) is 26.7. The molecule has 0 bridgehead atoms. The Bertz CT molecular complexity index is 722. The van der Waals surface area contributed by atoms with Gasteiger partial charge in [-0.05, 0) is 38.1 Å². The van der Waals surface area contributed by atoms with Gasteiger partial charge < -0.3 is 9.47 Å². The van der Waals surface area contributed by atoms with Crippen molar-refractivity contribution in [1.82, 2.24) is 14.5 Å². The van der Waals surface area contributed by atoms with Crippen LogP contribution in [0.2, 0.25) is 0 Å². The molecule has 0 N–H and O–H groups in total. The third-order valence-electron chi connectivity index (χ3n) is 4.55. The predicted octanol–water partition coefficient (Wildman–Crippen LogP) is 4.05. The van der Waals surface area contributed by atoms with E-state index in [4.69, 9.17) is 4.99 Å². The highest BCUT2D eigenvalue weighted by atomic mass is 32.2. The maximum atomic E-state index is 5.04. The Morgan fingerprint density at radius 2 is 2.09 bits per heavy atom. The molecule has 0 amide bonds. The van der Waals surface area contributed by atoms with Crippen LogP contribution < -0.4 is 0 Å². The van der Waals surface area contributed by atoms with E-state index in [1.807, 2.05) is 24.0 Å². The molecule has 1 saturated heterocycles. The molecule has 3 unspecified atom stereocenters.